The van der Waals surface area contributed by atoms with E-state index < -0.39 is 5.54 Å². The highest BCUT2D eigenvalue weighted by molar-refractivity contribution is 5.84. The molecule has 1 fully saturated rings. The number of primary amides is 1. The van der Waals surface area contributed by atoms with Crippen LogP contribution in [-0.2, 0) is 4.79 Å². The van der Waals surface area contributed by atoms with Gasteiger partial charge in [-0.25, -0.2) is 0 Å². The van der Waals surface area contributed by atoms with Crippen molar-refractivity contribution in [1.29, 1.82) is 0 Å². The van der Waals surface area contributed by atoms with Crippen LogP contribution in [0.4, 0.5) is 0 Å². The van der Waals surface area contributed by atoms with Gasteiger partial charge in [-0.3, -0.25) is 9.69 Å². The summed E-state index contributed by atoms with van der Waals surface area (Å²) >= 11 is 0. The molecule has 1 saturated carbocycles. The van der Waals surface area contributed by atoms with E-state index in [2.05, 4.69) is 17.1 Å². The van der Waals surface area contributed by atoms with Crippen molar-refractivity contribution >= 4 is 5.91 Å². The van der Waals surface area contributed by atoms with Crippen LogP contribution in [-0.4, -0.2) is 42.0 Å². The number of amides is 1. The van der Waals surface area contributed by atoms with Crippen molar-refractivity contribution in [1.82, 2.24) is 10.2 Å². The molecule has 1 atom stereocenters. The molecular formula is C14H29N3O. The van der Waals surface area contributed by atoms with Gasteiger partial charge in [0.15, 0.2) is 0 Å². The lowest BCUT2D eigenvalue weighted by Crippen LogP contribution is -2.60. The monoisotopic (exact) mass is 255 g/mol. The molecule has 1 rings (SSSR count). The van der Waals surface area contributed by atoms with E-state index in [-0.39, 0.29) is 5.91 Å². The van der Waals surface area contributed by atoms with Crippen molar-refractivity contribution in [2.24, 2.45) is 5.73 Å². The van der Waals surface area contributed by atoms with Gasteiger partial charge in [-0.2, -0.15) is 0 Å². The molecule has 106 valence electrons. The maximum Gasteiger partial charge on any atom is 0.238 e. The minimum atomic E-state index is -0.609. The van der Waals surface area contributed by atoms with Gasteiger partial charge in [0.2, 0.25) is 5.91 Å². The summed E-state index contributed by atoms with van der Waals surface area (Å²) in [5, 5.41) is 3.25. The Hall–Kier alpha value is -0.610. The third-order valence-corrected chi connectivity index (χ3v) is 4.13. The molecule has 0 aromatic heterocycles. The topological polar surface area (TPSA) is 58.4 Å². The molecule has 4 heteroatoms. The second-order valence-electron chi connectivity index (χ2n) is 5.58. The third-order valence-electron chi connectivity index (χ3n) is 4.13. The van der Waals surface area contributed by atoms with Crippen LogP contribution in [0.3, 0.4) is 0 Å². The molecule has 18 heavy (non-hydrogen) atoms. The number of hydrogen-bond donors (Lipinski definition) is 2. The minimum Gasteiger partial charge on any atom is -0.368 e. The normalized spacial score (nSPS) is 20.9. The summed E-state index contributed by atoms with van der Waals surface area (Å²) in [6.07, 6.45) is 6.50. The SMILES string of the molecule is CCNC(C)(CN(CC)C1CCCCC1)C(N)=O. The molecule has 0 aromatic carbocycles. The zero-order valence-corrected chi connectivity index (χ0v) is 12.2. The summed E-state index contributed by atoms with van der Waals surface area (Å²) in [6, 6.07) is 0.626. The summed E-state index contributed by atoms with van der Waals surface area (Å²) in [7, 11) is 0. The smallest absolute Gasteiger partial charge is 0.238 e. The average Bonchev–Trinajstić information content (AvgIpc) is 2.37. The summed E-state index contributed by atoms with van der Waals surface area (Å²) in [5.41, 5.74) is 4.95. The second kappa shape index (κ2) is 7.10. The van der Waals surface area contributed by atoms with Crippen LogP contribution >= 0.6 is 0 Å². The van der Waals surface area contributed by atoms with Gasteiger partial charge >= 0.3 is 0 Å². The lowest BCUT2D eigenvalue weighted by atomic mass is 9.92. The van der Waals surface area contributed by atoms with Crippen molar-refractivity contribution in [2.45, 2.75) is 64.5 Å². The van der Waals surface area contributed by atoms with E-state index in [0.717, 1.165) is 19.6 Å². The Labute approximate surface area is 111 Å². The van der Waals surface area contributed by atoms with E-state index in [1.54, 1.807) is 0 Å². The molecule has 1 aliphatic rings. The molecule has 0 aliphatic heterocycles. The Kier molecular flexibility index (Phi) is 6.09. The van der Waals surface area contributed by atoms with Gasteiger partial charge in [-0.05, 0) is 32.9 Å². The number of rotatable bonds is 7. The standard InChI is InChI=1S/C14H29N3O/c1-4-16-14(3,13(15)18)11-17(5-2)12-9-7-6-8-10-12/h12,16H,4-11H2,1-3H3,(H2,15,18). The van der Waals surface area contributed by atoms with Crippen molar-refractivity contribution in [3.8, 4) is 0 Å². The van der Waals surface area contributed by atoms with Gasteiger partial charge in [-0.15, -0.1) is 0 Å². The highest BCUT2D eigenvalue weighted by Crippen LogP contribution is 2.23. The van der Waals surface area contributed by atoms with Crippen molar-refractivity contribution in [3.05, 3.63) is 0 Å². The first kappa shape index (κ1) is 15.4. The average molecular weight is 255 g/mol. The Bertz CT molecular complexity index is 264. The van der Waals surface area contributed by atoms with E-state index in [1.807, 2.05) is 13.8 Å². The molecule has 0 bridgehead atoms. The van der Waals surface area contributed by atoms with Gasteiger partial charge in [0.25, 0.3) is 0 Å². The predicted octanol–water partition coefficient (Wildman–Crippen LogP) is 1.49. The highest BCUT2D eigenvalue weighted by Gasteiger charge is 2.34. The van der Waals surface area contributed by atoms with E-state index in [0.29, 0.717) is 6.04 Å². The summed E-state index contributed by atoms with van der Waals surface area (Å²) in [6.45, 7) is 8.57. The fourth-order valence-electron chi connectivity index (χ4n) is 2.96. The van der Waals surface area contributed by atoms with E-state index in [4.69, 9.17) is 5.73 Å². The summed E-state index contributed by atoms with van der Waals surface area (Å²) in [4.78, 5) is 14.1. The first-order chi connectivity index (χ1) is 8.53. The molecule has 1 amide bonds. The molecule has 3 N–H and O–H groups in total. The third kappa shape index (κ3) is 3.95. The summed E-state index contributed by atoms with van der Waals surface area (Å²) in [5.74, 6) is -0.251. The zero-order valence-electron chi connectivity index (χ0n) is 12.2. The fraction of sp³-hybridized carbons (Fsp3) is 0.929. The van der Waals surface area contributed by atoms with E-state index in [1.165, 1.54) is 32.1 Å². The maximum absolute atomic E-state index is 11.7. The molecule has 1 aliphatic carbocycles. The first-order valence-electron chi connectivity index (χ1n) is 7.32. The number of likely N-dealkylation sites (N-methyl/N-ethyl adjacent to an activating group) is 2. The number of nitrogens with zero attached hydrogens (tertiary/aromatic N) is 1. The Balaban J connectivity index is 2.66. The number of carbonyl (C=O) groups excluding carboxylic acids is 1. The highest BCUT2D eigenvalue weighted by atomic mass is 16.1. The number of nitrogens with one attached hydrogen (secondary N) is 1. The van der Waals surface area contributed by atoms with Gasteiger partial charge in [0, 0.05) is 12.6 Å². The van der Waals surface area contributed by atoms with Crippen LogP contribution < -0.4 is 11.1 Å². The van der Waals surface area contributed by atoms with Crippen LogP contribution in [0.15, 0.2) is 0 Å². The number of carbonyl (C=O) groups is 1. The molecule has 4 nitrogen and oxygen atoms in total. The van der Waals surface area contributed by atoms with Crippen LogP contribution in [0.1, 0.15) is 52.9 Å². The lowest BCUT2D eigenvalue weighted by molar-refractivity contribution is -0.124. The van der Waals surface area contributed by atoms with Crippen LogP contribution in [0.25, 0.3) is 0 Å². The van der Waals surface area contributed by atoms with Crippen molar-refractivity contribution < 1.29 is 4.79 Å². The van der Waals surface area contributed by atoms with E-state index in [9.17, 15) is 4.79 Å². The molecule has 0 spiro atoms. The van der Waals surface area contributed by atoms with Crippen LogP contribution in [0, 0.1) is 0 Å². The molecule has 0 saturated heterocycles. The number of nitrogens with two attached hydrogens (primary N) is 1. The van der Waals surface area contributed by atoms with Crippen LogP contribution in [0.5, 0.6) is 0 Å². The second-order valence-corrected chi connectivity index (χ2v) is 5.58. The van der Waals surface area contributed by atoms with Crippen LogP contribution in [0.2, 0.25) is 0 Å². The Morgan fingerprint density at radius 2 is 1.94 bits per heavy atom. The molecule has 0 heterocycles. The van der Waals surface area contributed by atoms with Crippen molar-refractivity contribution in [3.63, 3.8) is 0 Å². The molecule has 0 radical (unpaired) electrons. The molecular weight excluding hydrogens is 226 g/mol. The van der Waals surface area contributed by atoms with Gasteiger partial charge in [-0.1, -0.05) is 33.1 Å². The summed E-state index contributed by atoms with van der Waals surface area (Å²) < 4.78 is 0. The van der Waals surface area contributed by atoms with E-state index >= 15 is 0 Å². The Morgan fingerprint density at radius 3 is 2.39 bits per heavy atom. The lowest BCUT2D eigenvalue weighted by Gasteiger charge is -2.39. The number of hydrogen-bond acceptors (Lipinski definition) is 3. The largest absolute Gasteiger partial charge is 0.368 e. The van der Waals surface area contributed by atoms with Gasteiger partial charge in [0.1, 0.15) is 5.54 Å². The molecule has 1 unspecified atom stereocenters. The van der Waals surface area contributed by atoms with Crippen molar-refractivity contribution in [2.75, 3.05) is 19.6 Å². The quantitative estimate of drug-likeness (QED) is 0.725. The van der Waals surface area contributed by atoms with Gasteiger partial charge < -0.3 is 11.1 Å². The first-order valence-corrected chi connectivity index (χ1v) is 7.32. The maximum atomic E-state index is 11.7. The minimum absolute atomic E-state index is 0.251. The van der Waals surface area contributed by atoms with Gasteiger partial charge in [0.05, 0.1) is 0 Å². The predicted molar refractivity (Wildman–Crippen MR) is 75.4 cm³/mol. The zero-order chi connectivity index (χ0) is 13.6. The molecule has 0 aromatic rings. The Morgan fingerprint density at radius 1 is 1.33 bits per heavy atom. The fourth-order valence-corrected chi connectivity index (χ4v) is 2.96.